The van der Waals surface area contributed by atoms with Gasteiger partial charge in [0.1, 0.15) is 0 Å². The van der Waals surface area contributed by atoms with Gasteiger partial charge in [-0.05, 0) is 36.8 Å². The average Bonchev–Trinajstić information content (AvgIpc) is 3.03. The average molecular weight is 281 g/mol. The molecule has 3 rings (SSSR count). The maximum atomic E-state index is 10.5. The second-order valence-corrected chi connectivity index (χ2v) is 5.93. The van der Waals surface area contributed by atoms with Crippen molar-refractivity contribution in [3.63, 3.8) is 0 Å². The summed E-state index contributed by atoms with van der Waals surface area (Å²) in [6, 6.07) is 21.3. The molecule has 0 saturated carbocycles. The second-order valence-electron chi connectivity index (χ2n) is 5.93. The fourth-order valence-electron chi connectivity index (χ4n) is 3.19. The summed E-state index contributed by atoms with van der Waals surface area (Å²) in [7, 11) is 0. The molecule has 2 nitrogen and oxygen atoms in total. The highest BCUT2D eigenvalue weighted by Crippen LogP contribution is 2.26. The minimum absolute atomic E-state index is 0.188. The number of rotatable bonds is 5. The third kappa shape index (κ3) is 3.72. The van der Waals surface area contributed by atoms with E-state index in [4.69, 9.17) is 0 Å². The lowest BCUT2D eigenvalue weighted by atomic mass is 10.0. The van der Waals surface area contributed by atoms with Gasteiger partial charge in [0.05, 0.1) is 6.10 Å². The van der Waals surface area contributed by atoms with Crippen molar-refractivity contribution in [3.05, 3.63) is 71.8 Å². The van der Waals surface area contributed by atoms with Crippen LogP contribution in [0.25, 0.3) is 0 Å². The minimum Gasteiger partial charge on any atom is -0.387 e. The molecule has 0 spiro atoms. The van der Waals surface area contributed by atoms with Crippen molar-refractivity contribution in [1.82, 2.24) is 5.32 Å². The largest absolute Gasteiger partial charge is 0.387 e. The molecular formula is C19H23NO. The van der Waals surface area contributed by atoms with Crippen LogP contribution in [0.3, 0.4) is 0 Å². The van der Waals surface area contributed by atoms with E-state index in [-0.39, 0.29) is 6.04 Å². The third-order valence-corrected chi connectivity index (χ3v) is 4.42. The van der Waals surface area contributed by atoms with Crippen LogP contribution in [0.5, 0.6) is 0 Å². The molecule has 0 aliphatic carbocycles. The van der Waals surface area contributed by atoms with Crippen molar-refractivity contribution in [3.8, 4) is 0 Å². The van der Waals surface area contributed by atoms with E-state index in [0.717, 1.165) is 31.2 Å². The Labute approximate surface area is 126 Å². The first-order chi connectivity index (χ1) is 10.3. The van der Waals surface area contributed by atoms with E-state index in [1.807, 2.05) is 30.3 Å². The summed E-state index contributed by atoms with van der Waals surface area (Å²) in [6.07, 6.45) is 4.05. The van der Waals surface area contributed by atoms with Gasteiger partial charge in [-0.1, -0.05) is 60.7 Å². The normalized spacial score (nSPS) is 23.1. The molecule has 3 atom stereocenters. The number of aryl methyl sites for hydroxylation is 1. The molecule has 110 valence electrons. The van der Waals surface area contributed by atoms with Crippen molar-refractivity contribution >= 4 is 0 Å². The molecule has 2 heteroatoms. The highest BCUT2D eigenvalue weighted by Gasteiger charge is 2.29. The molecule has 0 bridgehead atoms. The van der Waals surface area contributed by atoms with E-state index in [9.17, 15) is 5.11 Å². The molecule has 0 amide bonds. The molecule has 2 aromatic carbocycles. The number of hydrogen-bond acceptors (Lipinski definition) is 2. The van der Waals surface area contributed by atoms with Gasteiger partial charge in [-0.3, -0.25) is 0 Å². The lowest BCUT2D eigenvalue weighted by Gasteiger charge is -2.20. The summed E-state index contributed by atoms with van der Waals surface area (Å²) < 4.78 is 0. The Morgan fingerprint density at radius 3 is 2.33 bits per heavy atom. The second kappa shape index (κ2) is 6.88. The van der Waals surface area contributed by atoms with Gasteiger partial charge in [0.15, 0.2) is 0 Å². The molecule has 1 saturated heterocycles. The number of aliphatic hydroxyl groups excluding tert-OH is 1. The van der Waals surface area contributed by atoms with Crippen molar-refractivity contribution in [2.45, 2.75) is 43.9 Å². The maximum absolute atomic E-state index is 10.5. The SMILES string of the molecule is OC(c1ccccc1)[C@@H]1CC[C@@H](CCc2ccccc2)N1. The topological polar surface area (TPSA) is 32.3 Å². The standard InChI is InChI=1S/C19H23NO/c21-19(16-9-5-2-6-10-16)18-14-13-17(20-18)12-11-15-7-3-1-4-8-15/h1-10,17-21H,11-14H2/t17-,18+,19?/m1/s1. The Kier molecular flexibility index (Phi) is 4.69. The summed E-state index contributed by atoms with van der Waals surface area (Å²) >= 11 is 0. The zero-order valence-electron chi connectivity index (χ0n) is 12.3. The predicted octanol–water partition coefficient (Wildman–Crippen LogP) is 3.47. The van der Waals surface area contributed by atoms with E-state index in [2.05, 4.69) is 35.6 Å². The maximum Gasteiger partial charge on any atom is 0.0943 e. The summed E-state index contributed by atoms with van der Waals surface area (Å²) in [5.74, 6) is 0. The van der Waals surface area contributed by atoms with Gasteiger partial charge < -0.3 is 10.4 Å². The van der Waals surface area contributed by atoms with E-state index in [1.54, 1.807) is 0 Å². The third-order valence-electron chi connectivity index (χ3n) is 4.42. The molecule has 1 unspecified atom stereocenters. The van der Waals surface area contributed by atoms with Gasteiger partial charge in [-0.2, -0.15) is 0 Å². The van der Waals surface area contributed by atoms with E-state index in [1.165, 1.54) is 5.56 Å². The number of nitrogens with one attached hydrogen (secondary N) is 1. The first-order valence-corrected chi connectivity index (χ1v) is 7.86. The smallest absolute Gasteiger partial charge is 0.0943 e. The van der Waals surface area contributed by atoms with Gasteiger partial charge in [0, 0.05) is 12.1 Å². The summed E-state index contributed by atoms with van der Waals surface area (Å²) in [6.45, 7) is 0. The molecular weight excluding hydrogens is 258 g/mol. The Morgan fingerprint density at radius 1 is 0.952 bits per heavy atom. The fraction of sp³-hybridized carbons (Fsp3) is 0.368. The molecule has 2 aromatic rings. The van der Waals surface area contributed by atoms with Crippen molar-refractivity contribution in [2.75, 3.05) is 0 Å². The predicted molar refractivity (Wildman–Crippen MR) is 86.1 cm³/mol. The molecule has 1 aliphatic rings. The highest BCUT2D eigenvalue weighted by atomic mass is 16.3. The van der Waals surface area contributed by atoms with Crippen LogP contribution in [0.15, 0.2) is 60.7 Å². The van der Waals surface area contributed by atoms with Crippen LogP contribution >= 0.6 is 0 Å². The van der Waals surface area contributed by atoms with Gasteiger partial charge in [-0.25, -0.2) is 0 Å². The van der Waals surface area contributed by atoms with Crippen LogP contribution in [0.2, 0.25) is 0 Å². The number of aliphatic hydroxyl groups is 1. The van der Waals surface area contributed by atoms with E-state index < -0.39 is 6.10 Å². The van der Waals surface area contributed by atoms with Crippen LogP contribution in [-0.2, 0) is 6.42 Å². The minimum atomic E-state index is -0.395. The quantitative estimate of drug-likeness (QED) is 0.879. The van der Waals surface area contributed by atoms with Crippen molar-refractivity contribution in [2.24, 2.45) is 0 Å². The monoisotopic (exact) mass is 281 g/mol. The Morgan fingerprint density at radius 2 is 1.62 bits per heavy atom. The fourth-order valence-corrected chi connectivity index (χ4v) is 3.19. The van der Waals surface area contributed by atoms with Gasteiger partial charge in [0.25, 0.3) is 0 Å². The molecule has 1 fully saturated rings. The number of benzene rings is 2. The van der Waals surface area contributed by atoms with E-state index in [0.29, 0.717) is 6.04 Å². The lowest BCUT2D eigenvalue weighted by Crippen LogP contribution is -2.34. The Hall–Kier alpha value is -1.64. The van der Waals surface area contributed by atoms with Crippen LogP contribution < -0.4 is 5.32 Å². The van der Waals surface area contributed by atoms with Crippen LogP contribution in [0.1, 0.15) is 36.5 Å². The zero-order valence-corrected chi connectivity index (χ0v) is 12.3. The van der Waals surface area contributed by atoms with E-state index >= 15 is 0 Å². The molecule has 0 radical (unpaired) electrons. The summed E-state index contributed by atoms with van der Waals surface area (Å²) in [5, 5.41) is 14.1. The molecule has 2 N–H and O–H groups in total. The molecule has 0 aromatic heterocycles. The molecule has 1 heterocycles. The first kappa shape index (κ1) is 14.3. The molecule has 1 aliphatic heterocycles. The number of hydrogen-bond donors (Lipinski definition) is 2. The van der Waals surface area contributed by atoms with Crippen LogP contribution in [0, 0.1) is 0 Å². The van der Waals surface area contributed by atoms with Gasteiger partial charge in [-0.15, -0.1) is 0 Å². The Balaban J connectivity index is 1.51. The first-order valence-electron chi connectivity index (χ1n) is 7.86. The van der Waals surface area contributed by atoms with Crippen molar-refractivity contribution in [1.29, 1.82) is 0 Å². The highest BCUT2D eigenvalue weighted by molar-refractivity contribution is 5.19. The Bertz CT molecular complexity index is 540. The van der Waals surface area contributed by atoms with Crippen LogP contribution in [0.4, 0.5) is 0 Å². The van der Waals surface area contributed by atoms with Crippen molar-refractivity contribution < 1.29 is 5.11 Å². The lowest BCUT2D eigenvalue weighted by molar-refractivity contribution is 0.135. The zero-order chi connectivity index (χ0) is 14.5. The van der Waals surface area contributed by atoms with Crippen LogP contribution in [-0.4, -0.2) is 17.2 Å². The van der Waals surface area contributed by atoms with Gasteiger partial charge >= 0.3 is 0 Å². The van der Waals surface area contributed by atoms with Gasteiger partial charge in [0.2, 0.25) is 0 Å². The summed E-state index contributed by atoms with van der Waals surface area (Å²) in [5.41, 5.74) is 2.41. The summed E-state index contributed by atoms with van der Waals surface area (Å²) in [4.78, 5) is 0. The molecule has 21 heavy (non-hydrogen) atoms.